The average Bonchev–Trinajstić information content (AvgIpc) is 2.82. The summed E-state index contributed by atoms with van der Waals surface area (Å²) in [4.78, 5) is 15.9. The normalized spacial score (nSPS) is 19.2. The minimum absolute atomic E-state index is 0.115. The van der Waals surface area contributed by atoms with E-state index in [0.717, 1.165) is 17.4 Å². The maximum absolute atomic E-state index is 11.8. The molecule has 1 fully saturated rings. The lowest BCUT2D eigenvalue weighted by Crippen LogP contribution is -2.31. The summed E-state index contributed by atoms with van der Waals surface area (Å²) >= 11 is 3.32. The second-order valence-corrected chi connectivity index (χ2v) is 5.03. The van der Waals surface area contributed by atoms with E-state index >= 15 is 0 Å². The summed E-state index contributed by atoms with van der Waals surface area (Å²) in [5.74, 6) is -0.115. The van der Waals surface area contributed by atoms with Crippen LogP contribution in [-0.2, 0) is 0 Å². The van der Waals surface area contributed by atoms with Crippen molar-refractivity contribution in [2.45, 2.75) is 25.3 Å². The van der Waals surface area contributed by atoms with Gasteiger partial charge in [-0.25, -0.2) is 4.98 Å². The Morgan fingerprint density at radius 3 is 3.24 bits per heavy atom. The van der Waals surface area contributed by atoms with Gasteiger partial charge < -0.3 is 10.6 Å². The SMILES string of the molecule is O=C(NCC[C@H]1CCCN1)c1ncccc1Br. The predicted octanol–water partition coefficient (Wildman–Crippen LogP) is 1.72. The number of rotatable bonds is 4. The topological polar surface area (TPSA) is 54.0 Å². The number of carbonyl (C=O) groups excluding carboxylic acids is 1. The molecule has 2 heterocycles. The molecule has 0 radical (unpaired) electrons. The fraction of sp³-hybridized carbons (Fsp3) is 0.500. The summed E-state index contributed by atoms with van der Waals surface area (Å²) in [6.45, 7) is 1.80. The van der Waals surface area contributed by atoms with Gasteiger partial charge >= 0.3 is 0 Å². The van der Waals surface area contributed by atoms with Crippen molar-refractivity contribution in [2.24, 2.45) is 0 Å². The van der Waals surface area contributed by atoms with Crippen molar-refractivity contribution >= 4 is 21.8 Å². The van der Waals surface area contributed by atoms with Crippen LogP contribution in [0.2, 0.25) is 0 Å². The summed E-state index contributed by atoms with van der Waals surface area (Å²) in [5, 5.41) is 6.30. The van der Waals surface area contributed by atoms with Crippen LogP contribution in [0.4, 0.5) is 0 Å². The number of aromatic nitrogens is 1. The first-order chi connectivity index (χ1) is 8.27. The molecule has 0 aliphatic carbocycles. The average molecular weight is 298 g/mol. The molecular formula is C12H16BrN3O. The first kappa shape index (κ1) is 12.5. The van der Waals surface area contributed by atoms with Gasteiger partial charge in [0.2, 0.25) is 0 Å². The van der Waals surface area contributed by atoms with Gasteiger partial charge in [0.25, 0.3) is 5.91 Å². The van der Waals surface area contributed by atoms with Crippen LogP contribution in [0, 0.1) is 0 Å². The minimum atomic E-state index is -0.115. The smallest absolute Gasteiger partial charge is 0.271 e. The summed E-state index contributed by atoms with van der Waals surface area (Å²) in [6, 6.07) is 4.17. The van der Waals surface area contributed by atoms with Crippen molar-refractivity contribution < 1.29 is 4.79 Å². The molecule has 2 rings (SSSR count). The third-order valence-corrected chi connectivity index (χ3v) is 3.55. The maximum Gasteiger partial charge on any atom is 0.271 e. The highest BCUT2D eigenvalue weighted by Crippen LogP contribution is 2.13. The molecule has 0 unspecified atom stereocenters. The molecule has 2 N–H and O–H groups in total. The van der Waals surface area contributed by atoms with Gasteiger partial charge in [0.15, 0.2) is 0 Å². The number of carbonyl (C=O) groups is 1. The van der Waals surface area contributed by atoms with Crippen LogP contribution >= 0.6 is 15.9 Å². The Hall–Kier alpha value is -0.940. The molecule has 0 spiro atoms. The lowest BCUT2D eigenvalue weighted by atomic mass is 10.1. The quantitative estimate of drug-likeness (QED) is 0.890. The second-order valence-electron chi connectivity index (χ2n) is 4.17. The largest absolute Gasteiger partial charge is 0.351 e. The molecule has 1 saturated heterocycles. The first-order valence-corrected chi connectivity index (χ1v) is 6.69. The van der Waals surface area contributed by atoms with E-state index in [1.165, 1.54) is 12.8 Å². The van der Waals surface area contributed by atoms with Crippen molar-refractivity contribution in [3.8, 4) is 0 Å². The van der Waals surface area contributed by atoms with E-state index < -0.39 is 0 Å². The number of amides is 1. The van der Waals surface area contributed by atoms with Crippen molar-refractivity contribution in [3.63, 3.8) is 0 Å². The molecule has 0 bridgehead atoms. The molecule has 0 saturated carbocycles. The van der Waals surface area contributed by atoms with E-state index in [2.05, 4.69) is 31.5 Å². The lowest BCUT2D eigenvalue weighted by Gasteiger charge is -2.10. The molecule has 1 aromatic rings. The molecule has 92 valence electrons. The third-order valence-electron chi connectivity index (χ3n) is 2.91. The highest BCUT2D eigenvalue weighted by atomic mass is 79.9. The van der Waals surface area contributed by atoms with Crippen LogP contribution in [0.25, 0.3) is 0 Å². The molecule has 17 heavy (non-hydrogen) atoms. The van der Waals surface area contributed by atoms with Crippen LogP contribution in [0.3, 0.4) is 0 Å². The van der Waals surface area contributed by atoms with E-state index in [0.29, 0.717) is 18.3 Å². The first-order valence-electron chi connectivity index (χ1n) is 5.89. The number of nitrogens with zero attached hydrogens (tertiary/aromatic N) is 1. The van der Waals surface area contributed by atoms with Crippen LogP contribution in [-0.4, -0.2) is 30.0 Å². The Morgan fingerprint density at radius 2 is 2.53 bits per heavy atom. The summed E-state index contributed by atoms with van der Waals surface area (Å²) in [7, 11) is 0. The zero-order valence-corrected chi connectivity index (χ0v) is 11.2. The fourth-order valence-electron chi connectivity index (χ4n) is 2.00. The molecule has 1 atom stereocenters. The molecule has 1 aliphatic heterocycles. The van der Waals surface area contributed by atoms with Gasteiger partial charge in [-0.15, -0.1) is 0 Å². The lowest BCUT2D eigenvalue weighted by molar-refractivity contribution is 0.0946. The van der Waals surface area contributed by atoms with Gasteiger partial charge in [0.05, 0.1) is 0 Å². The zero-order valence-electron chi connectivity index (χ0n) is 9.58. The van der Waals surface area contributed by atoms with E-state index in [-0.39, 0.29) is 5.91 Å². The van der Waals surface area contributed by atoms with Crippen molar-refractivity contribution in [1.29, 1.82) is 0 Å². The molecule has 0 aromatic carbocycles. The minimum Gasteiger partial charge on any atom is -0.351 e. The fourth-order valence-corrected chi connectivity index (χ4v) is 2.43. The number of hydrogen-bond acceptors (Lipinski definition) is 3. The van der Waals surface area contributed by atoms with Crippen molar-refractivity contribution in [3.05, 3.63) is 28.5 Å². The van der Waals surface area contributed by atoms with Gasteiger partial charge in [0.1, 0.15) is 5.69 Å². The van der Waals surface area contributed by atoms with Gasteiger partial charge in [-0.3, -0.25) is 4.79 Å². The Kier molecular flexibility index (Phi) is 4.50. The Bertz CT molecular complexity index is 391. The highest BCUT2D eigenvalue weighted by Gasteiger charge is 2.15. The maximum atomic E-state index is 11.8. The Morgan fingerprint density at radius 1 is 1.65 bits per heavy atom. The monoisotopic (exact) mass is 297 g/mol. The van der Waals surface area contributed by atoms with Gasteiger partial charge in [-0.1, -0.05) is 0 Å². The summed E-state index contributed by atoms with van der Waals surface area (Å²) in [6.07, 6.45) is 5.06. The highest BCUT2D eigenvalue weighted by molar-refractivity contribution is 9.10. The van der Waals surface area contributed by atoms with E-state index in [4.69, 9.17) is 0 Å². The van der Waals surface area contributed by atoms with Gasteiger partial charge in [-0.2, -0.15) is 0 Å². The number of nitrogens with one attached hydrogen (secondary N) is 2. The van der Waals surface area contributed by atoms with Crippen LogP contribution in [0.1, 0.15) is 29.8 Å². The zero-order chi connectivity index (χ0) is 12.1. The summed E-state index contributed by atoms with van der Waals surface area (Å²) in [5.41, 5.74) is 0.451. The van der Waals surface area contributed by atoms with Crippen LogP contribution < -0.4 is 10.6 Å². The van der Waals surface area contributed by atoms with E-state index in [1.807, 2.05) is 6.07 Å². The molecule has 1 aromatic heterocycles. The molecule has 1 amide bonds. The van der Waals surface area contributed by atoms with Crippen molar-refractivity contribution in [2.75, 3.05) is 13.1 Å². The third kappa shape index (κ3) is 3.51. The van der Waals surface area contributed by atoms with E-state index in [9.17, 15) is 4.79 Å². The number of halogens is 1. The predicted molar refractivity (Wildman–Crippen MR) is 69.9 cm³/mol. The van der Waals surface area contributed by atoms with Crippen molar-refractivity contribution in [1.82, 2.24) is 15.6 Å². The number of pyridine rings is 1. The van der Waals surface area contributed by atoms with E-state index in [1.54, 1.807) is 12.3 Å². The van der Waals surface area contributed by atoms with Crippen LogP contribution in [0.5, 0.6) is 0 Å². The molecule has 1 aliphatic rings. The summed E-state index contributed by atoms with van der Waals surface area (Å²) < 4.78 is 0.733. The second kappa shape index (κ2) is 6.12. The van der Waals surface area contributed by atoms with Crippen LogP contribution in [0.15, 0.2) is 22.8 Å². The van der Waals surface area contributed by atoms with Gasteiger partial charge in [0, 0.05) is 23.3 Å². The Labute approximate surface area is 109 Å². The molecule has 4 nitrogen and oxygen atoms in total. The number of hydrogen-bond donors (Lipinski definition) is 2. The molecular weight excluding hydrogens is 282 g/mol. The molecule has 5 heteroatoms. The Balaban J connectivity index is 1.79. The van der Waals surface area contributed by atoms with Gasteiger partial charge in [-0.05, 0) is 53.9 Å². The standard InChI is InChI=1S/C12H16BrN3O/c13-10-4-2-7-15-11(10)12(17)16-8-5-9-3-1-6-14-9/h2,4,7,9,14H,1,3,5-6,8H2,(H,16,17)/t9-/m1/s1.